The first-order valence-corrected chi connectivity index (χ1v) is 8.73. The second kappa shape index (κ2) is 7.44. The third-order valence-corrected chi connectivity index (χ3v) is 4.84. The van der Waals surface area contributed by atoms with E-state index in [-0.39, 0.29) is 5.88 Å². The summed E-state index contributed by atoms with van der Waals surface area (Å²) < 4.78 is 6.84. The van der Waals surface area contributed by atoms with Gasteiger partial charge >= 0.3 is 6.16 Å². The molecule has 1 aromatic heterocycles. The molecular formula is C20H17Cl2NO3. The summed E-state index contributed by atoms with van der Waals surface area (Å²) in [5.74, 6) is 0.245. The highest BCUT2D eigenvalue weighted by atomic mass is 35.5. The van der Waals surface area contributed by atoms with Crippen LogP contribution in [-0.4, -0.2) is 15.8 Å². The number of benzene rings is 2. The van der Waals surface area contributed by atoms with Crippen LogP contribution in [0.5, 0.6) is 5.88 Å². The van der Waals surface area contributed by atoms with Crippen molar-refractivity contribution in [2.75, 3.05) is 0 Å². The van der Waals surface area contributed by atoms with Gasteiger partial charge in [0.15, 0.2) is 0 Å². The minimum absolute atomic E-state index is 0.245. The molecule has 0 aliphatic heterocycles. The van der Waals surface area contributed by atoms with Crippen molar-refractivity contribution in [1.29, 1.82) is 0 Å². The van der Waals surface area contributed by atoms with E-state index in [1.165, 1.54) is 0 Å². The van der Waals surface area contributed by atoms with Crippen LogP contribution in [0.3, 0.4) is 0 Å². The Morgan fingerprint density at radius 1 is 1.08 bits per heavy atom. The molecule has 0 atom stereocenters. The standard InChI is InChI=1S/C20H17Cl2NO3/c1-12-6-8-14(9-7-12)18-13(2)10-23(19(18)26-20(24)25)11-15-16(21)4-3-5-17(15)22/h3-10H,11H2,1-2H3,(H,24,25). The first-order chi connectivity index (χ1) is 12.4. The van der Waals surface area contributed by atoms with Gasteiger partial charge in [-0.1, -0.05) is 59.1 Å². The molecule has 0 unspecified atom stereocenters. The molecule has 0 spiro atoms. The minimum atomic E-state index is -1.37. The predicted molar refractivity (Wildman–Crippen MR) is 104 cm³/mol. The lowest BCUT2D eigenvalue weighted by Gasteiger charge is -2.12. The highest BCUT2D eigenvalue weighted by molar-refractivity contribution is 6.36. The zero-order valence-corrected chi connectivity index (χ0v) is 15.8. The fraction of sp³-hybridized carbons (Fsp3) is 0.150. The minimum Gasteiger partial charge on any atom is -0.449 e. The van der Waals surface area contributed by atoms with Gasteiger partial charge in [-0.2, -0.15) is 0 Å². The first kappa shape index (κ1) is 18.4. The summed E-state index contributed by atoms with van der Waals surface area (Å²) in [6.07, 6.45) is 0.468. The van der Waals surface area contributed by atoms with Crippen LogP contribution in [0, 0.1) is 13.8 Å². The van der Waals surface area contributed by atoms with Gasteiger partial charge in [0.05, 0.1) is 6.54 Å². The van der Waals surface area contributed by atoms with Crippen molar-refractivity contribution < 1.29 is 14.6 Å². The number of carboxylic acid groups (broad SMARTS) is 1. The Kier molecular flexibility index (Phi) is 5.25. The predicted octanol–water partition coefficient (Wildman–Crippen LogP) is 6.18. The van der Waals surface area contributed by atoms with Gasteiger partial charge < -0.3 is 14.4 Å². The average molecular weight is 390 g/mol. The third-order valence-electron chi connectivity index (χ3n) is 4.13. The molecule has 0 radical (unpaired) electrons. The molecule has 3 aromatic rings. The van der Waals surface area contributed by atoms with Gasteiger partial charge in [-0.3, -0.25) is 0 Å². The van der Waals surface area contributed by atoms with E-state index in [0.29, 0.717) is 22.2 Å². The normalized spacial score (nSPS) is 10.8. The smallest absolute Gasteiger partial charge is 0.449 e. The van der Waals surface area contributed by atoms with Crippen LogP contribution < -0.4 is 4.74 Å². The summed E-state index contributed by atoms with van der Waals surface area (Å²) >= 11 is 12.5. The maximum absolute atomic E-state index is 11.3. The van der Waals surface area contributed by atoms with Crippen molar-refractivity contribution in [1.82, 2.24) is 4.57 Å². The largest absolute Gasteiger partial charge is 0.512 e. The number of aryl methyl sites for hydroxylation is 2. The zero-order valence-electron chi connectivity index (χ0n) is 14.3. The van der Waals surface area contributed by atoms with Gasteiger partial charge in [0.1, 0.15) is 0 Å². The summed E-state index contributed by atoms with van der Waals surface area (Å²) in [5, 5.41) is 10.2. The molecule has 0 aliphatic carbocycles. The number of nitrogens with zero attached hydrogens (tertiary/aromatic N) is 1. The van der Waals surface area contributed by atoms with E-state index in [9.17, 15) is 9.90 Å². The molecule has 0 fully saturated rings. The molecule has 0 saturated heterocycles. The number of hydrogen-bond donors (Lipinski definition) is 1. The lowest BCUT2D eigenvalue weighted by molar-refractivity contribution is 0.141. The van der Waals surface area contributed by atoms with E-state index in [1.54, 1.807) is 22.8 Å². The van der Waals surface area contributed by atoms with E-state index >= 15 is 0 Å². The summed E-state index contributed by atoms with van der Waals surface area (Å²) in [6, 6.07) is 13.1. The van der Waals surface area contributed by atoms with Crippen molar-refractivity contribution in [2.24, 2.45) is 0 Å². The number of halogens is 2. The summed E-state index contributed by atoms with van der Waals surface area (Å²) in [7, 11) is 0. The van der Waals surface area contributed by atoms with Crippen LogP contribution in [0.4, 0.5) is 4.79 Å². The van der Waals surface area contributed by atoms with Crippen molar-refractivity contribution >= 4 is 29.4 Å². The molecule has 0 amide bonds. The Labute approximate surface area is 161 Å². The number of ether oxygens (including phenoxy) is 1. The Morgan fingerprint density at radius 2 is 1.69 bits per heavy atom. The third kappa shape index (κ3) is 3.71. The quantitative estimate of drug-likeness (QED) is 0.541. The van der Waals surface area contributed by atoms with Crippen LogP contribution in [0.2, 0.25) is 10.0 Å². The number of rotatable bonds is 4. The van der Waals surface area contributed by atoms with Crippen molar-refractivity contribution in [3.05, 3.63) is 75.4 Å². The molecule has 26 heavy (non-hydrogen) atoms. The Hall–Kier alpha value is -2.43. The Morgan fingerprint density at radius 3 is 2.27 bits per heavy atom. The molecule has 1 heterocycles. The molecule has 3 rings (SSSR count). The van der Waals surface area contributed by atoms with Gasteiger partial charge in [-0.15, -0.1) is 0 Å². The van der Waals surface area contributed by atoms with Gasteiger partial charge in [-0.25, -0.2) is 4.79 Å². The second-order valence-corrected chi connectivity index (χ2v) is 6.87. The fourth-order valence-corrected chi connectivity index (χ4v) is 3.42. The zero-order chi connectivity index (χ0) is 18.8. The van der Waals surface area contributed by atoms with Gasteiger partial charge in [0.25, 0.3) is 0 Å². The second-order valence-electron chi connectivity index (χ2n) is 6.05. The lowest BCUT2D eigenvalue weighted by atomic mass is 10.0. The summed E-state index contributed by atoms with van der Waals surface area (Å²) in [4.78, 5) is 11.3. The van der Waals surface area contributed by atoms with Crippen molar-refractivity contribution in [3.63, 3.8) is 0 Å². The molecule has 134 valence electrons. The average Bonchev–Trinajstić information content (AvgIpc) is 2.87. The van der Waals surface area contributed by atoms with E-state index in [2.05, 4.69) is 0 Å². The maximum Gasteiger partial charge on any atom is 0.512 e. The van der Waals surface area contributed by atoms with E-state index < -0.39 is 6.16 Å². The first-order valence-electron chi connectivity index (χ1n) is 7.97. The highest BCUT2D eigenvalue weighted by Gasteiger charge is 2.20. The van der Waals surface area contributed by atoms with Crippen molar-refractivity contribution in [2.45, 2.75) is 20.4 Å². The topological polar surface area (TPSA) is 51.5 Å². The van der Waals surface area contributed by atoms with E-state index in [4.69, 9.17) is 27.9 Å². The number of carbonyl (C=O) groups is 1. The summed E-state index contributed by atoms with van der Waals surface area (Å²) in [6.45, 7) is 4.21. The molecule has 0 bridgehead atoms. The molecule has 4 nitrogen and oxygen atoms in total. The summed E-state index contributed by atoms with van der Waals surface area (Å²) in [5.41, 5.74) is 4.34. The molecule has 1 N–H and O–H groups in total. The van der Waals surface area contributed by atoms with Crippen LogP contribution in [0.15, 0.2) is 48.7 Å². The van der Waals surface area contributed by atoms with Crippen LogP contribution in [0.1, 0.15) is 16.7 Å². The van der Waals surface area contributed by atoms with Crippen molar-refractivity contribution in [3.8, 4) is 17.0 Å². The molecule has 0 aliphatic rings. The molecule has 0 saturated carbocycles. The Bertz CT molecular complexity index is 942. The molecule has 6 heteroatoms. The van der Waals surface area contributed by atoms with E-state index in [1.807, 2.05) is 44.3 Å². The van der Waals surface area contributed by atoms with E-state index in [0.717, 1.165) is 22.3 Å². The van der Waals surface area contributed by atoms with Crippen LogP contribution >= 0.6 is 23.2 Å². The molecule has 2 aromatic carbocycles. The number of aromatic nitrogens is 1. The van der Waals surface area contributed by atoms with Crippen LogP contribution in [-0.2, 0) is 6.54 Å². The van der Waals surface area contributed by atoms with Crippen LogP contribution in [0.25, 0.3) is 11.1 Å². The fourth-order valence-electron chi connectivity index (χ4n) is 2.90. The SMILES string of the molecule is Cc1ccc(-c2c(C)cn(Cc3c(Cl)cccc3Cl)c2OC(=O)O)cc1. The lowest BCUT2D eigenvalue weighted by Crippen LogP contribution is -2.10. The van der Waals surface area contributed by atoms with Gasteiger partial charge in [0, 0.05) is 27.4 Å². The number of hydrogen-bond acceptors (Lipinski definition) is 2. The highest BCUT2D eigenvalue weighted by Crippen LogP contribution is 2.37. The monoisotopic (exact) mass is 389 g/mol. The Balaban J connectivity index is 2.12. The maximum atomic E-state index is 11.3. The molecular weight excluding hydrogens is 373 g/mol. The van der Waals surface area contributed by atoms with Gasteiger partial charge in [-0.05, 0) is 37.1 Å². The van der Waals surface area contributed by atoms with Gasteiger partial charge in [0.2, 0.25) is 5.88 Å².